The fraction of sp³-hybridized carbons (Fsp3) is 0.333. The summed E-state index contributed by atoms with van der Waals surface area (Å²) in [5.41, 5.74) is 0. The minimum atomic E-state index is 1.19. The Balaban J connectivity index is 3.38. The van der Waals surface area contributed by atoms with Crippen LogP contribution in [0.2, 0.25) is 0 Å². The van der Waals surface area contributed by atoms with Crippen molar-refractivity contribution in [1.82, 2.24) is 0 Å². The Morgan fingerprint density at radius 3 is 2.33 bits per heavy atom. The van der Waals surface area contributed by atoms with Crippen molar-refractivity contribution in [2.75, 3.05) is 0 Å². The van der Waals surface area contributed by atoms with Gasteiger partial charge in [-0.2, -0.15) is 0 Å². The second-order valence-electron chi connectivity index (χ2n) is 2.58. The van der Waals surface area contributed by atoms with Crippen molar-refractivity contribution in [1.29, 1.82) is 0 Å². The van der Waals surface area contributed by atoms with E-state index in [2.05, 4.69) is 25.7 Å². The van der Waals surface area contributed by atoms with Gasteiger partial charge in [-0.15, -0.1) is 0 Å². The molecular weight excluding hydrogens is 144 g/mol. The highest BCUT2D eigenvalue weighted by molar-refractivity contribution is 5.14. The maximum atomic E-state index is 3.58. The molecule has 0 N–H and O–H groups in total. The van der Waals surface area contributed by atoms with Gasteiger partial charge in [-0.3, -0.25) is 0 Å². The summed E-state index contributed by atoms with van der Waals surface area (Å²) in [5.74, 6) is 0. The highest BCUT2D eigenvalue weighted by atomic mass is 13.8. The zero-order chi connectivity index (χ0) is 9.07. The van der Waals surface area contributed by atoms with Crippen molar-refractivity contribution in [3.8, 4) is 0 Å². The third-order valence-corrected chi connectivity index (χ3v) is 1.44. The minimum Gasteiger partial charge on any atom is -0.0991 e. The van der Waals surface area contributed by atoms with Crippen LogP contribution in [0, 0.1) is 0 Å². The van der Waals surface area contributed by atoms with Crippen molar-refractivity contribution in [2.45, 2.75) is 26.2 Å². The molecule has 66 valence electrons. The number of hydrogen-bond donors (Lipinski definition) is 0. The topological polar surface area (TPSA) is 0 Å². The van der Waals surface area contributed by atoms with Gasteiger partial charge >= 0.3 is 0 Å². The van der Waals surface area contributed by atoms with Gasteiger partial charge in [-0.05, 0) is 6.42 Å². The van der Waals surface area contributed by atoms with E-state index in [1.807, 2.05) is 24.3 Å². The van der Waals surface area contributed by atoms with Crippen LogP contribution in [0.1, 0.15) is 26.2 Å². The molecule has 0 heteroatoms. The van der Waals surface area contributed by atoms with Gasteiger partial charge in [0.05, 0.1) is 0 Å². The quantitative estimate of drug-likeness (QED) is 0.408. The molecule has 0 aliphatic heterocycles. The summed E-state index contributed by atoms with van der Waals surface area (Å²) in [4.78, 5) is 0. The molecule has 0 aromatic rings. The number of hydrogen-bond acceptors (Lipinski definition) is 0. The molecule has 0 spiro atoms. The van der Waals surface area contributed by atoms with Gasteiger partial charge in [0.15, 0.2) is 0 Å². The van der Waals surface area contributed by atoms with Crippen LogP contribution >= 0.6 is 0 Å². The maximum Gasteiger partial charge on any atom is -0.0348 e. The van der Waals surface area contributed by atoms with Gasteiger partial charge in [0.2, 0.25) is 0 Å². The lowest BCUT2D eigenvalue weighted by molar-refractivity contribution is 0.815. The Kier molecular flexibility index (Phi) is 9.10. The average Bonchev–Trinajstić information content (AvgIpc) is 2.10. The first kappa shape index (κ1) is 11.0. The van der Waals surface area contributed by atoms with Crippen molar-refractivity contribution in [2.24, 2.45) is 0 Å². The van der Waals surface area contributed by atoms with E-state index in [9.17, 15) is 0 Å². The van der Waals surface area contributed by atoms with Gasteiger partial charge in [0.1, 0.15) is 0 Å². The van der Waals surface area contributed by atoms with E-state index in [0.29, 0.717) is 0 Å². The van der Waals surface area contributed by atoms with Crippen LogP contribution < -0.4 is 0 Å². The highest BCUT2D eigenvalue weighted by Crippen LogP contribution is 1.94. The number of allylic oxidation sites excluding steroid dienone is 7. The van der Waals surface area contributed by atoms with Crippen LogP contribution in [0.3, 0.4) is 0 Å². The van der Waals surface area contributed by atoms with Gasteiger partial charge in [-0.1, -0.05) is 68.9 Å². The summed E-state index contributed by atoms with van der Waals surface area (Å²) in [6.45, 7) is 5.79. The van der Waals surface area contributed by atoms with Crippen LogP contribution in [-0.4, -0.2) is 0 Å². The van der Waals surface area contributed by atoms with Crippen LogP contribution in [0.25, 0.3) is 0 Å². The zero-order valence-corrected chi connectivity index (χ0v) is 7.87. The van der Waals surface area contributed by atoms with E-state index in [0.717, 1.165) is 0 Å². The summed E-state index contributed by atoms with van der Waals surface area (Å²) < 4.78 is 0. The van der Waals surface area contributed by atoms with Gasteiger partial charge in [0.25, 0.3) is 0 Å². The molecule has 0 aliphatic rings. The third-order valence-electron chi connectivity index (χ3n) is 1.44. The molecule has 0 atom stereocenters. The summed E-state index contributed by atoms with van der Waals surface area (Å²) in [6, 6.07) is 0. The average molecular weight is 162 g/mol. The summed E-state index contributed by atoms with van der Waals surface area (Å²) in [5, 5.41) is 0. The Morgan fingerprint density at radius 1 is 1.00 bits per heavy atom. The molecule has 12 heavy (non-hydrogen) atoms. The molecule has 0 saturated carbocycles. The lowest BCUT2D eigenvalue weighted by atomic mass is 10.2. The van der Waals surface area contributed by atoms with Gasteiger partial charge in [0, 0.05) is 0 Å². The monoisotopic (exact) mass is 162 g/mol. The van der Waals surface area contributed by atoms with E-state index >= 15 is 0 Å². The Morgan fingerprint density at radius 2 is 1.67 bits per heavy atom. The molecule has 0 aromatic heterocycles. The Hall–Kier alpha value is -1.04. The fourth-order valence-corrected chi connectivity index (χ4v) is 0.768. The summed E-state index contributed by atoms with van der Waals surface area (Å²) in [6.07, 6.45) is 17.7. The minimum absolute atomic E-state index is 1.19. The van der Waals surface area contributed by atoms with Crippen molar-refractivity contribution < 1.29 is 0 Å². The molecule has 0 saturated heterocycles. The lowest BCUT2D eigenvalue weighted by Crippen LogP contribution is -1.64. The molecule has 0 aromatic carbocycles. The van der Waals surface area contributed by atoms with E-state index in [1.54, 1.807) is 6.08 Å². The van der Waals surface area contributed by atoms with Crippen molar-refractivity contribution in [3.63, 3.8) is 0 Å². The van der Waals surface area contributed by atoms with E-state index in [1.165, 1.54) is 19.3 Å². The standard InChI is InChI=1S/C12H18/c1-3-5-7-9-11-12-10-8-6-4-2/h3,5,7,9-12H,1,4,6,8H2,2H3/b7-5+,11-9+,12-10+. The number of rotatable bonds is 6. The summed E-state index contributed by atoms with van der Waals surface area (Å²) in [7, 11) is 0. The van der Waals surface area contributed by atoms with Gasteiger partial charge in [-0.25, -0.2) is 0 Å². The van der Waals surface area contributed by atoms with Crippen LogP contribution in [0.4, 0.5) is 0 Å². The molecule has 0 heterocycles. The second kappa shape index (κ2) is 9.96. The van der Waals surface area contributed by atoms with E-state index < -0.39 is 0 Å². The lowest BCUT2D eigenvalue weighted by Gasteiger charge is -1.84. The zero-order valence-electron chi connectivity index (χ0n) is 7.87. The van der Waals surface area contributed by atoms with Crippen molar-refractivity contribution >= 4 is 0 Å². The predicted octanol–water partition coefficient (Wildman–Crippen LogP) is 4.03. The first-order valence-electron chi connectivity index (χ1n) is 4.52. The molecular formula is C12H18. The van der Waals surface area contributed by atoms with Crippen LogP contribution in [0.15, 0.2) is 49.1 Å². The SMILES string of the molecule is C=C/C=C/C=C/C=C/CCCC. The maximum absolute atomic E-state index is 3.58. The highest BCUT2D eigenvalue weighted by Gasteiger charge is 1.74. The Bertz CT molecular complexity index is 170. The number of unbranched alkanes of at least 4 members (excludes halogenated alkanes) is 2. The first-order valence-corrected chi connectivity index (χ1v) is 4.52. The predicted molar refractivity (Wildman–Crippen MR) is 57.1 cm³/mol. The molecule has 0 bridgehead atoms. The van der Waals surface area contributed by atoms with E-state index in [-0.39, 0.29) is 0 Å². The summed E-state index contributed by atoms with van der Waals surface area (Å²) >= 11 is 0. The third kappa shape index (κ3) is 8.96. The first-order chi connectivity index (χ1) is 5.91. The van der Waals surface area contributed by atoms with Crippen LogP contribution in [0.5, 0.6) is 0 Å². The molecule has 0 fully saturated rings. The molecule has 0 aliphatic carbocycles. The second-order valence-corrected chi connectivity index (χ2v) is 2.58. The molecule has 0 unspecified atom stereocenters. The largest absolute Gasteiger partial charge is 0.0991 e. The molecule has 0 radical (unpaired) electrons. The normalized spacial score (nSPS) is 12.1. The van der Waals surface area contributed by atoms with Gasteiger partial charge < -0.3 is 0 Å². The van der Waals surface area contributed by atoms with Crippen molar-refractivity contribution in [3.05, 3.63) is 49.1 Å². The molecule has 0 rings (SSSR count). The smallest absolute Gasteiger partial charge is 0.0348 e. The molecule has 0 nitrogen and oxygen atoms in total. The Labute approximate surface area is 76.0 Å². The van der Waals surface area contributed by atoms with E-state index in [4.69, 9.17) is 0 Å². The molecule has 0 amide bonds. The van der Waals surface area contributed by atoms with Crippen LogP contribution in [-0.2, 0) is 0 Å². The fourth-order valence-electron chi connectivity index (χ4n) is 0.768.